The highest BCUT2D eigenvalue weighted by Gasteiger charge is 2.15. The van der Waals surface area contributed by atoms with Gasteiger partial charge in [0.05, 0.1) is 22.5 Å². The summed E-state index contributed by atoms with van der Waals surface area (Å²) in [6, 6.07) is 19.2. The Kier molecular flexibility index (Phi) is 5.37. The first-order chi connectivity index (χ1) is 15.3. The molecule has 1 aromatic carbocycles. The number of fused-ring (bicyclic) bond motifs is 1. The number of likely N-dealkylation sites (tertiary alicyclic amines) is 1. The van der Waals surface area contributed by atoms with E-state index in [1.807, 2.05) is 54.6 Å². The van der Waals surface area contributed by atoms with Crippen LogP contribution in [0.4, 0.5) is 5.82 Å². The van der Waals surface area contributed by atoms with Gasteiger partial charge in [-0.15, -0.1) is 0 Å². The molecular weight excluding hydrogens is 386 g/mol. The fraction of sp³-hybridized carbons (Fsp3) is 0.200. The van der Waals surface area contributed by atoms with E-state index in [1.54, 1.807) is 18.5 Å². The average Bonchev–Trinajstić information content (AvgIpc) is 3.32. The molecule has 0 atom stereocenters. The normalized spacial score (nSPS) is 14.1. The van der Waals surface area contributed by atoms with Gasteiger partial charge in [-0.3, -0.25) is 14.7 Å². The lowest BCUT2D eigenvalue weighted by atomic mass is 10.1. The Labute approximate surface area is 181 Å². The highest BCUT2D eigenvalue weighted by atomic mass is 16.1. The zero-order chi connectivity index (χ0) is 21.0. The van der Waals surface area contributed by atoms with Crippen molar-refractivity contribution >= 4 is 22.6 Å². The maximum Gasteiger partial charge on any atom is 0.259 e. The number of para-hydroxylation sites is 1. The number of hydrogen-bond acceptors (Lipinski definition) is 5. The van der Waals surface area contributed by atoms with Gasteiger partial charge in [-0.05, 0) is 62.3 Å². The van der Waals surface area contributed by atoms with Crippen molar-refractivity contribution in [3.8, 4) is 11.3 Å². The lowest BCUT2D eigenvalue weighted by Gasteiger charge is -2.14. The van der Waals surface area contributed by atoms with E-state index in [0.717, 1.165) is 42.0 Å². The summed E-state index contributed by atoms with van der Waals surface area (Å²) in [5.74, 6) is 0.342. The molecule has 1 aliphatic rings. The molecule has 3 aromatic heterocycles. The molecule has 1 amide bonds. The van der Waals surface area contributed by atoms with Crippen LogP contribution in [-0.4, -0.2) is 38.8 Å². The second kappa shape index (κ2) is 8.62. The van der Waals surface area contributed by atoms with E-state index < -0.39 is 0 Å². The lowest BCUT2D eigenvalue weighted by Crippen LogP contribution is -2.20. The summed E-state index contributed by atoms with van der Waals surface area (Å²) in [6.45, 7) is 3.03. The Hall–Kier alpha value is -3.64. The number of nitrogens with zero attached hydrogens (tertiary/aromatic N) is 4. The SMILES string of the molecule is O=C(Nc1cccc(CN2CCCC2)n1)c1cccc2ccc(-c3cccnc3)nc12. The fourth-order valence-electron chi connectivity index (χ4n) is 4.00. The maximum absolute atomic E-state index is 13.1. The van der Waals surface area contributed by atoms with Crippen LogP contribution in [0.15, 0.2) is 73.1 Å². The summed E-state index contributed by atoms with van der Waals surface area (Å²) < 4.78 is 0. The fourth-order valence-corrected chi connectivity index (χ4v) is 4.00. The van der Waals surface area contributed by atoms with Gasteiger partial charge in [-0.25, -0.2) is 9.97 Å². The summed E-state index contributed by atoms with van der Waals surface area (Å²) in [5.41, 5.74) is 3.85. The number of hydrogen-bond donors (Lipinski definition) is 1. The number of carbonyl (C=O) groups is 1. The molecule has 1 saturated heterocycles. The van der Waals surface area contributed by atoms with Crippen molar-refractivity contribution in [3.63, 3.8) is 0 Å². The standard InChI is InChI=1S/C25H23N5O/c31-25(29-23-10-4-8-20(27-23)17-30-14-1-2-15-30)21-9-3-6-18-11-12-22(28-24(18)21)19-7-5-13-26-16-19/h3-13,16H,1-2,14-15,17H2,(H,27,29,31). The molecular formula is C25H23N5O. The number of amides is 1. The first-order valence-corrected chi connectivity index (χ1v) is 10.6. The van der Waals surface area contributed by atoms with Crippen LogP contribution in [0.5, 0.6) is 0 Å². The molecule has 0 spiro atoms. The number of benzene rings is 1. The van der Waals surface area contributed by atoms with Crippen molar-refractivity contribution in [3.05, 3.63) is 84.3 Å². The van der Waals surface area contributed by atoms with E-state index in [0.29, 0.717) is 16.9 Å². The van der Waals surface area contributed by atoms with E-state index in [1.165, 1.54) is 12.8 Å². The first kappa shape index (κ1) is 19.3. The second-order valence-corrected chi connectivity index (χ2v) is 7.77. The number of rotatable bonds is 5. The Morgan fingerprint density at radius 1 is 0.935 bits per heavy atom. The van der Waals surface area contributed by atoms with Crippen molar-refractivity contribution in [1.82, 2.24) is 19.9 Å². The lowest BCUT2D eigenvalue weighted by molar-refractivity contribution is 0.102. The minimum absolute atomic E-state index is 0.216. The van der Waals surface area contributed by atoms with E-state index in [9.17, 15) is 4.79 Å². The summed E-state index contributed by atoms with van der Waals surface area (Å²) in [4.78, 5) is 29.1. The molecule has 1 aliphatic heterocycles. The summed E-state index contributed by atoms with van der Waals surface area (Å²) in [6.07, 6.45) is 5.98. The van der Waals surface area contributed by atoms with Crippen LogP contribution in [0.2, 0.25) is 0 Å². The molecule has 1 fully saturated rings. The molecule has 31 heavy (non-hydrogen) atoms. The number of pyridine rings is 3. The van der Waals surface area contributed by atoms with Gasteiger partial charge in [-0.1, -0.05) is 24.3 Å². The molecule has 4 aromatic rings. The summed E-state index contributed by atoms with van der Waals surface area (Å²) >= 11 is 0. The van der Waals surface area contributed by atoms with E-state index in [4.69, 9.17) is 4.98 Å². The summed E-state index contributed by atoms with van der Waals surface area (Å²) in [7, 11) is 0. The van der Waals surface area contributed by atoms with Crippen LogP contribution in [-0.2, 0) is 6.54 Å². The van der Waals surface area contributed by atoms with Crippen LogP contribution in [0, 0.1) is 0 Å². The number of aromatic nitrogens is 3. The molecule has 0 bridgehead atoms. The van der Waals surface area contributed by atoms with E-state index >= 15 is 0 Å². The molecule has 5 rings (SSSR count). The van der Waals surface area contributed by atoms with Gasteiger partial charge >= 0.3 is 0 Å². The van der Waals surface area contributed by atoms with E-state index in [-0.39, 0.29) is 5.91 Å². The van der Waals surface area contributed by atoms with Gasteiger partial charge in [0.15, 0.2) is 0 Å². The molecule has 0 radical (unpaired) electrons. The van der Waals surface area contributed by atoms with Crippen LogP contribution in [0.25, 0.3) is 22.2 Å². The molecule has 6 heteroatoms. The Morgan fingerprint density at radius 2 is 1.81 bits per heavy atom. The third-order valence-corrected chi connectivity index (χ3v) is 5.55. The Morgan fingerprint density at radius 3 is 2.65 bits per heavy atom. The predicted molar refractivity (Wildman–Crippen MR) is 122 cm³/mol. The van der Waals surface area contributed by atoms with Crippen molar-refractivity contribution in [2.45, 2.75) is 19.4 Å². The molecule has 0 unspecified atom stereocenters. The summed E-state index contributed by atoms with van der Waals surface area (Å²) in [5, 5.41) is 3.87. The van der Waals surface area contributed by atoms with Gasteiger partial charge in [-0.2, -0.15) is 0 Å². The largest absolute Gasteiger partial charge is 0.306 e. The zero-order valence-electron chi connectivity index (χ0n) is 17.2. The molecule has 6 nitrogen and oxygen atoms in total. The van der Waals surface area contributed by atoms with Gasteiger partial charge in [0, 0.05) is 29.9 Å². The third kappa shape index (κ3) is 4.29. The van der Waals surface area contributed by atoms with Gasteiger partial charge < -0.3 is 5.32 Å². The van der Waals surface area contributed by atoms with Crippen LogP contribution >= 0.6 is 0 Å². The molecule has 0 saturated carbocycles. The van der Waals surface area contributed by atoms with Crippen molar-refractivity contribution < 1.29 is 4.79 Å². The first-order valence-electron chi connectivity index (χ1n) is 10.6. The highest BCUT2D eigenvalue weighted by Crippen LogP contribution is 2.23. The maximum atomic E-state index is 13.1. The third-order valence-electron chi connectivity index (χ3n) is 5.55. The van der Waals surface area contributed by atoms with Crippen molar-refractivity contribution in [1.29, 1.82) is 0 Å². The average molecular weight is 409 g/mol. The minimum Gasteiger partial charge on any atom is -0.306 e. The second-order valence-electron chi connectivity index (χ2n) is 7.77. The Bertz CT molecular complexity index is 1220. The molecule has 4 heterocycles. The van der Waals surface area contributed by atoms with Crippen LogP contribution < -0.4 is 5.32 Å². The highest BCUT2D eigenvalue weighted by molar-refractivity contribution is 6.11. The monoisotopic (exact) mass is 409 g/mol. The smallest absolute Gasteiger partial charge is 0.259 e. The van der Waals surface area contributed by atoms with Crippen LogP contribution in [0.1, 0.15) is 28.9 Å². The predicted octanol–water partition coefficient (Wildman–Crippen LogP) is 4.54. The van der Waals surface area contributed by atoms with Crippen molar-refractivity contribution in [2.75, 3.05) is 18.4 Å². The van der Waals surface area contributed by atoms with Gasteiger partial charge in [0.25, 0.3) is 5.91 Å². The van der Waals surface area contributed by atoms with Gasteiger partial charge in [0.1, 0.15) is 5.82 Å². The van der Waals surface area contributed by atoms with Crippen molar-refractivity contribution in [2.24, 2.45) is 0 Å². The minimum atomic E-state index is -0.216. The number of anilines is 1. The molecule has 154 valence electrons. The topological polar surface area (TPSA) is 71.0 Å². The van der Waals surface area contributed by atoms with Gasteiger partial charge in [0.2, 0.25) is 0 Å². The Balaban J connectivity index is 1.42. The van der Waals surface area contributed by atoms with Crippen LogP contribution in [0.3, 0.4) is 0 Å². The zero-order valence-corrected chi connectivity index (χ0v) is 17.2. The number of carbonyl (C=O) groups excluding carboxylic acids is 1. The molecule has 1 N–H and O–H groups in total. The van der Waals surface area contributed by atoms with E-state index in [2.05, 4.69) is 20.2 Å². The quantitative estimate of drug-likeness (QED) is 0.524. The number of nitrogens with one attached hydrogen (secondary N) is 1. The molecule has 0 aliphatic carbocycles.